The average molecular weight is 448 g/mol. The molecule has 0 aliphatic rings. The summed E-state index contributed by atoms with van der Waals surface area (Å²) in [5.74, 6) is -0.818. The maximum absolute atomic E-state index is 13.0. The van der Waals surface area contributed by atoms with Crippen LogP contribution in [0.4, 0.5) is 0 Å². The molecule has 3 rings (SSSR count). The first-order valence-electron chi connectivity index (χ1n) is 10.2. The number of benzene rings is 3. The lowest BCUT2D eigenvalue weighted by Gasteiger charge is -2.19. The van der Waals surface area contributed by atoms with Crippen LogP contribution in [0.15, 0.2) is 84.9 Å². The van der Waals surface area contributed by atoms with Gasteiger partial charge in [-0.1, -0.05) is 72.8 Å². The van der Waals surface area contributed by atoms with Crippen molar-refractivity contribution in [3.63, 3.8) is 0 Å². The molecule has 3 aromatic carbocycles. The van der Waals surface area contributed by atoms with Gasteiger partial charge in [0, 0.05) is 0 Å². The lowest BCUT2D eigenvalue weighted by molar-refractivity contribution is -0.122. The summed E-state index contributed by atoms with van der Waals surface area (Å²) in [4.78, 5) is 25.7. The zero-order valence-electron chi connectivity index (χ0n) is 17.9. The highest BCUT2D eigenvalue weighted by atomic mass is 32.1. The van der Waals surface area contributed by atoms with E-state index in [9.17, 15) is 9.59 Å². The number of hydrogen-bond donors (Lipinski definition) is 3. The van der Waals surface area contributed by atoms with Gasteiger partial charge in [0.1, 0.15) is 5.75 Å². The molecule has 0 atom stereocenters. The fraction of sp³-hybridized carbons (Fsp3) is 0.160. The van der Waals surface area contributed by atoms with Gasteiger partial charge >= 0.3 is 0 Å². The quantitative estimate of drug-likeness (QED) is 0.394. The van der Waals surface area contributed by atoms with E-state index in [0.29, 0.717) is 11.3 Å². The molecule has 0 fully saturated rings. The van der Waals surface area contributed by atoms with E-state index in [4.69, 9.17) is 17.0 Å². The minimum absolute atomic E-state index is 0.0254. The molecule has 2 amide bonds. The number of para-hydroxylation sites is 1. The summed E-state index contributed by atoms with van der Waals surface area (Å²) < 4.78 is 5.68. The molecular formula is C25H25N3O3S. The van der Waals surface area contributed by atoms with E-state index >= 15 is 0 Å². The first-order valence-corrected chi connectivity index (χ1v) is 10.6. The number of ether oxygens (including phenoxy) is 1. The van der Waals surface area contributed by atoms with E-state index in [1.807, 2.05) is 74.5 Å². The van der Waals surface area contributed by atoms with E-state index in [-0.39, 0.29) is 17.1 Å². The molecule has 0 unspecified atom stereocenters. The van der Waals surface area contributed by atoms with Crippen LogP contribution in [0.5, 0.6) is 5.75 Å². The lowest BCUT2D eigenvalue weighted by atomic mass is 9.91. The molecule has 0 saturated carbocycles. The summed E-state index contributed by atoms with van der Waals surface area (Å²) in [6, 6.07) is 25.8. The predicted molar refractivity (Wildman–Crippen MR) is 128 cm³/mol. The molecular weight excluding hydrogens is 422 g/mol. The number of carbonyl (C=O) groups excluding carboxylic acids is 2. The molecule has 0 spiro atoms. The van der Waals surface area contributed by atoms with Crippen LogP contribution in [0, 0.1) is 0 Å². The Morgan fingerprint density at radius 1 is 0.781 bits per heavy atom. The topological polar surface area (TPSA) is 79.5 Å². The Morgan fingerprint density at radius 3 is 1.88 bits per heavy atom. The number of nitrogens with one attached hydrogen (secondary N) is 3. The molecule has 3 N–H and O–H groups in total. The summed E-state index contributed by atoms with van der Waals surface area (Å²) in [6.45, 7) is 3.76. The van der Waals surface area contributed by atoms with Gasteiger partial charge < -0.3 is 4.74 Å². The highest BCUT2D eigenvalue weighted by Crippen LogP contribution is 2.24. The predicted octanol–water partition coefficient (Wildman–Crippen LogP) is 3.94. The second-order valence-electron chi connectivity index (χ2n) is 7.31. The SMILES string of the molecule is CC(C)Oc1ccccc1C(=O)NC(=S)NNC(=O)C(c1ccccc1)c1ccccc1. The zero-order chi connectivity index (χ0) is 22.9. The summed E-state index contributed by atoms with van der Waals surface area (Å²) in [6.07, 6.45) is -0.0822. The van der Waals surface area contributed by atoms with Crippen LogP contribution in [0.25, 0.3) is 0 Å². The molecule has 6 nitrogen and oxygen atoms in total. The molecule has 0 aliphatic heterocycles. The normalized spacial score (nSPS) is 10.5. The van der Waals surface area contributed by atoms with Gasteiger partial charge in [-0.2, -0.15) is 0 Å². The van der Waals surface area contributed by atoms with Crippen LogP contribution in [0.2, 0.25) is 0 Å². The van der Waals surface area contributed by atoms with Crippen molar-refractivity contribution < 1.29 is 14.3 Å². The zero-order valence-corrected chi connectivity index (χ0v) is 18.7. The number of thiocarbonyl (C=S) groups is 1. The van der Waals surface area contributed by atoms with Crippen LogP contribution in [0.1, 0.15) is 41.3 Å². The van der Waals surface area contributed by atoms with Gasteiger partial charge in [0.2, 0.25) is 5.91 Å². The van der Waals surface area contributed by atoms with E-state index in [1.54, 1.807) is 24.3 Å². The van der Waals surface area contributed by atoms with Gasteiger partial charge in [-0.15, -0.1) is 0 Å². The van der Waals surface area contributed by atoms with Crippen molar-refractivity contribution in [2.75, 3.05) is 0 Å². The van der Waals surface area contributed by atoms with Crippen LogP contribution in [-0.4, -0.2) is 23.0 Å². The van der Waals surface area contributed by atoms with E-state index in [0.717, 1.165) is 11.1 Å². The third-order valence-electron chi connectivity index (χ3n) is 4.55. The fourth-order valence-corrected chi connectivity index (χ4v) is 3.33. The number of amides is 2. The Balaban J connectivity index is 1.66. The smallest absolute Gasteiger partial charge is 0.261 e. The maximum Gasteiger partial charge on any atom is 0.261 e. The van der Waals surface area contributed by atoms with E-state index in [1.165, 1.54) is 0 Å². The second kappa shape index (κ2) is 11.1. The van der Waals surface area contributed by atoms with Crippen molar-refractivity contribution in [2.24, 2.45) is 0 Å². The number of hydrazine groups is 1. The number of carbonyl (C=O) groups is 2. The fourth-order valence-electron chi connectivity index (χ4n) is 3.19. The first kappa shape index (κ1) is 23.0. The van der Waals surface area contributed by atoms with Gasteiger partial charge in [-0.05, 0) is 49.3 Å². The molecule has 0 aliphatic carbocycles. The summed E-state index contributed by atoms with van der Waals surface area (Å²) in [5, 5.41) is 2.54. The largest absolute Gasteiger partial charge is 0.490 e. The average Bonchev–Trinajstić information content (AvgIpc) is 2.79. The molecule has 0 bridgehead atoms. The van der Waals surface area contributed by atoms with Gasteiger partial charge in [-0.3, -0.25) is 25.8 Å². The minimum Gasteiger partial charge on any atom is -0.490 e. The van der Waals surface area contributed by atoms with Gasteiger partial charge in [0.15, 0.2) is 5.11 Å². The maximum atomic E-state index is 13.0. The third-order valence-corrected chi connectivity index (χ3v) is 4.75. The Kier molecular flexibility index (Phi) is 7.94. The van der Waals surface area contributed by atoms with Crippen molar-refractivity contribution in [2.45, 2.75) is 25.9 Å². The molecule has 7 heteroatoms. The van der Waals surface area contributed by atoms with Crippen molar-refractivity contribution in [1.82, 2.24) is 16.2 Å². The Hall–Kier alpha value is -3.71. The number of hydrogen-bond acceptors (Lipinski definition) is 4. The van der Waals surface area contributed by atoms with Gasteiger partial charge in [0.25, 0.3) is 5.91 Å². The van der Waals surface area contributed by atoms with E-state index in [2.05, 4.69) is 16.2 Å². The van der Waals surface area contributed by atoms with Crippen LogP contribution >= 0.6 is 12.2 Å². The highest BCUT2D eigenvalue weighted by molar-refractivity contribution is 7.80. The Morgan fingerprint density at radius 2 is 1.31 bits per heavy atom. The van der Waals surface area contributed by atoms with E-state index < -0.39 is 11.8 Å². The molecule has 164 valence electrons. The van der Waals surface area contributed by atoms with Crippen molar-refractivity contribution in [3.05, 3.63) is 102 Å². The molecule has 0 heterocycles. The monoisotopic (exact) mass is 447 g/mol. The van der Waals surface area contributed by atoms with Crippen LogP contribution in [-0.2, 0) is 4.79 Å². The molecule has 0 saturated heterocycles. The van der Waals surface area contributed by atoms with Crippen molar-refractivity contribution >= 4 is 29.1 Å². The standard InChI is InChI=1S/C25H25N3O3S/c1-17(2)31-21-16-10-9-15-20(21)23(29)26-25(32)28-27-24(30)22(18-11-5-3-6-12-18)19-13-7-4-8-14-19/h3-17,22H,1-2H3,(H,27,30)(H2,26,28,29,32). The molecule has 0 radical (unpaired) electrons. The summed E-state index contributed by atoms with van der Waals surface area (Å²) in [5.41, 5.74) is 7.26. The first-order chi connectivity index (χ1) is 15.5. The van der Waals surface area contributed by atoms with Crippen molar-refractivity contribution in [3.8, 4) is 5.75 Å². The second-order valence-corrected chi connectivity index (χ2v) is 7.72. The third kappa shape index (κ3) is 6.15. The van der Waals surface area contributed by atoms with Crippen LogP contribution in [0.3, 0.4) is 0 Å². The van der Waals surface area contributed by atoms with Crippen molar-refractivity contribution in [1.29, 1.82) is 0 Å². The highest BCUT2D eigenvalue weighted by Gasteiger charge is 2.23. The Bertz CT molecular complexity index is 1030. The number of rotatable bonds is 6. The van der Waals surface area contributed by atoms with Gasteiger partial charge in [0.05, 0.1) is 17.6 Å². The molecule has 0 aromatic heterocycles. The molecule has 32 heavy (non-hydrogen) atoms. The van der Waals surface area contributed by atoms with Crippen LogP contribution < -0.4 is 20.9 Å². The molecule has 3 aromatic rings. The minimum atomic E-state index is -0.538. The lowest BCUT2D eigenvalue weighted by Crippen LogP contribution is -2.49. The summed E-state index contributed by atoms with van der Waals surface area (Å²) >= 11 is 5.20. The Labute approximate surface area is 193 Å². The van der Waals surface area contributed by atoms with Gasteiger partial charge in [-0.25, -0.2) is 0 Å². The summed E-state index contributed by atoms with van der Waals surface area (Å²) in [7, 11) is 0.